The molecule has 1 aromatic heterocycles. The van der Waals surface area contributed by atoms with Crippen LogP contribution in [-0.4, -0.2) is 12.1 Å². The predicted octanol–water partition coefficient (Wildman–Crippen LogP) is 2.40. The highest BCUT2D eigenvalue weighted by atomic mass is 32.1. The number of hydrogen-bond acceptors (Lipinski definition) is 4. The zero-order chi connectivity index (χ0) is 9.97. The van der Waals surface area contributed by atoms with Crippen molar-refractivity contribution in [1.29, 1.82) is 0 Å². The summed E-state index contributed by atoms with van der Waals surface area (Å²) in [4.78, 5) is 4.20. The molecule has 1 heterocycles. The molecule has 0 radical (unpaired) electrons. The molecule has 2 rings (SSSR count). The zero-order valence-corrected chi connectivity index (χ0v) is 8.54. The lowest BCUT2D eigenvalue weighted by atomic mass is 10.2. The number of rotatable bonds is 2. The molecule has 0 amide bonds. The molecule has 2 aromatic rings. The van der Waals surface area contributed by atoms with Crippen LogP contribution in [0.1, 0.15) is 0 Å². The number of methoxy groups -OCH3 is 1. The quantitative estimate of drug-likeness (QED) is 0.767. The monoisotopic (exact) mass is 206 g/mol. The summed E-state index contributed by atoms with van der Waals surface area (Å²) >= 11 is 1.57. The summed E-state index contributed by atoms with van der Waals surface area (Å²) < 4.78 is 5.07. The van der Waals surface area contributed by atoms with Crippen molar-refractivity contribution in [2.45, 2.75) is 0 Å². The molecule has 0 unspecified atom stereocenters. The Labute approximate surface area is 86.2 Å². The summed E-state index contributed by atoms with van der Waals surface area (Å²) in [7, 11) is 1.62. The van der Waals surface area contributed by atoms with Gasteiger partial charge in [0.05, 0.1) is 7.11 Å². The SMILES string of the molecule is COc1ccc(-c2nccs2)c(N)c1. The van der Waals surface area contributed by atoms with Crippen LogP contribution in [0.2, 0.25) is 0 Å². The summed E-state index contributed by atoms with van der Waals surface area (Å²) in [6, 6.07) is 5.61. The molecule has 0 saturated carbocycles. The summed E-state index contributed by atoms with van der Waals surface area (Å²) in [6.07, 6.45) is 1.77. The van der Waals surface area contributed by atoms with Crippen molar-refractivity contribution in [2.24, 2.45) is 0 Å². The number of nitrogens with zero attached hydrogens (tertiary/aromatic N) is 1. The van der Waals surface area contributed by atoms with Gasteiger partial charge in [-0.15, -0.1) is 11.3 Å². The van der Waals surface area contributed by atoms with Crippen LogP contribution in [0.25, 0.3) is 10.6 Å². The van der Waals surface area contributed by atoms with Crippen molar-refractivity contribution in [3.8, 4) is 16.3 Å². The van der Waals surface area contributed by atoms with Gasteiger partial charge in [-0.3, -0.25) is 0 Å². The van der Waals surface area contributed by atoms with Gasteiger partial charge in [0, 0.05) is 28.9 Å². The van der Waals surface area contributed by atoms with Crippen molar-refractivity contribution in [3.63, 3.8) is 0 Å². The fourth-order valence-corrected chi connectivity index (χ4v) is 1.90. The molecule has 0 aliphatic rings. The topological polar surface area (TPSA) is 48.1 Å². The second-order valence-electron chi connectivity index (χ2n) is 2.79. The van der Waals surface area contributed by atoms with E-state index in [0.717, 1.165) is 16.3 Å². The normalized spacial score (nSPS) is 10.1. The van der Waals surface area contributed by atoms with Crippen LogP contribution in [-0.2, 0) is 0 Å². The second kappa shape index (κ2) is 3.67. The number of hydrogen-bond donors (Lipinski definition) is 1. The molecule has 4 heteroatoms. The minimum atomic E-state index is 0.694. The Morgan fingerprint density at radius 3 is 2.86 bits per heavy atom. The van der Waals surface area contributed by atoms with E-state index in [4.69, 9.17) is 10.5 Å². The van der Waals surface area contributed by atoms with Crippen LogP contribution in [0, 0.1) is 0 Å². The molecular weight excluding hydrogens is 196 g/mol. The highest BCUT2D eigenvalue weighted by Crippen LogP contribution is 2.30. The molecule has 0 fully saturated rings. The number of anilines is 1. The number of aromatic nitrogens is 1. The van der Waals surface area contributed by atoms with Crippen LogP contribution in [0.3, 0.4) is 0 Å². The van der Waals surface area contributed by atoms with E-state index in [2.05, 4.69) is 4.98 Å². The average molecular weight is 206 g/mol. The molecule has 0 atom stereocenters. The van der Waals surface area contributed by atoms with Crippen molar-refractivity contribution >= 4 is 17.0 Å². The molecular formula is C10H10N2OS. The maximum Gasteiger partial charge on any atom is 0.125 e. The molecule has 72 valence electrons. The van der Waals surface area contributed by atoms with E-state index in [0.29, 0.717) is 5.69 Å². The Balaban J connectivity index is 2.46. The zero-order valence-electron chi connectivity index (χ0n) is 7.73. The number of thiazole rings is 1. The Kier molecular flexibility index (Phi) is 2.37. The lowest BCUT2D eigenvalue weighted by Gasteiger charge is -2.04. The largest absolute Gasteiger partial charge is 0.497 e. The third-order valence-corrected chi connectivity index (χ3v) is 2.73. The molecule has 0 saturated heterocycles. The Morgan fingerprint density at radius 1 is 1.43 bits per heavy atom. The van der Waals surface area contributed by atoms with E-state index in [9.17, 15) is 0 Å². The van der Waals surface area contributed by atoms with Crippen LogP contribution < -0.4 is 10.5 Å². The minimum Gasteiger partial charge on any atom is -0.497 e. The highest BCUT2D eigenvalue weighted by Gasteiger charge is 2.05. The van der Waals surface area contributed by atoms with Crippen LogP contribution in [0.5, 0.6) is 5.75 Å². The van der Waals surface area contributed by atoms with Crippen molar-refractivity contribution in [1.82, 2.24) is 4.98 Å². The third-order valence-electron chi connectivity index (χ3n) is 1.92. The van der Waals surface area contributed by atoms with Gasteiger partial charge in [0.1, 0.15) is 10.8 Å². The van der Waals surface area contributed by atoms with Gasteiger partial charge in [-0.05, 0) is 12.1 Å². The van der Waals surface area contributed by atoms with Crippen molar-refractivity contribution in [2.75, 3.05) is 12.8 Å². The first-order valence-electron chi connectivity index (χ1n) is 4.14. The lowest BCUT2D eigenvalue weighted by molar-refractivity contribution is 0.415. The van der Waals surface area contributed by atoms with E-state index in [1.54, 1.807) is 30.7 Å². The van der Waals surface area contributed by atoms with E-state index < -0.39 is 0 Å². The minimum absolute atomic E-state index is 0.694. The third kappa shape index (κ3) is 1.56. The molecule has 0 aliphatic carbocycles. The van der Waals surface area contributed by atoms with E-state index in [-0.39, 0.29) is 0 Å². The van der Waals surface area contributed by atoms with Crippen molar-refractivity contribution < 1.29 is 4.74 Å². The van der Waals surface area contributed by atoms with Crippen molar-refractivity contribution in [3.05, 3.63) is 29.8 Å². The molecule has 2 N–H and O–H groups in total. The van der Waals surface area contributed by atoms with Gasteiger partial charge in [0.25, 0.3) is 0 Å². The number of nitrogens with two attached hydrogens (primary N) is 1. The summed E-state index contributed by atoms with van der Waals surface area (Å²) in [5.41, 5.74) is 7.53. The molecule has 0 aliphatic heterocycles. The Bertz CT molecular complexity index is 426. The maximum absolute atomic E-state index is 5.87. The van der Waals surface area contributed by atoms with Gasteiger partial charge in [-0.25, -0.2) is 4.98 Å². The number of benzene rings is 1. The molecule has 0 bridgehead atoms. The van der Waals surface area contributed by atoms with E-state index >= 15 is 0 Å². The number of ether oxygens (including phenoxy) is 1. The molecule has 0 spiro atoms. The maximum atomic E-state index is 5.87. The smallest absolute Gasteiger partial charge is 0.125 e. The standard InChI is InChI=1S/C10H10N2OS/c1-13-7-2-3-8(9(11)6-7)10-12-4-5-14-10/h2-6H,11H2,1H3. The van der Waals surface area contributed by atoms with Gasteiger partial charge in [0.2, 0.25) is 0 Å². The second-order valence-corrected chi connectivity index (χ2v) is 3.69. The van der Waals surface area contributed by atoms with Gasteiger partial charge < -0.3 is 10.5 Å². The average Bonchev–Trinajstić information content (AvgIpc) is 2.70. The van der Waals surface area contributed by atoms with Gasteiger partial charge in [-0.2, -0.15) is 0 Å². The van der Waals surface area contributed by atoms with Gasteiger partial charge >= 0.3 is 0 Å². The number of nitrogen functional groups attached to an aromatic ring is 1. The van der Waals surface area contributed by atoms with Crippen LogP contribution >= 0.6 is 11.3 Å². The lowest BCUT2D eigenvalue weighted by Crippen LogP contribution is -1.91. The molecule has 14 heavy (non-hydrogen) atoms. The Morgan fingerprint density at radius 2 is 2.29 bits per heavy atom. The fraction of sp³-hybridized carbons (Fsp3) is 0.100. The van der Waals surface area contributed by atoms with Gasteiger partial charge in [-0.1, -0.05) is 0 Å². The van der Waals surface area contributed by atoms with Crippen LogP contribution in [0.4, 0.5) is 5.69 Å². The predicted molar refractivity (Wildman–Crippen MR) is 58.5 cm³/mol. The van der Waals surface area contributed by atoms with E-state index in [1.807, 2.05) is 17.5 Å². The first-order valence-corrected chi connectivity index (χ1v) is 5.02. The molecule has 1 aromatic carbocycles. The van der Waals surface area contributed by atoms with Crippen LogP contribution in [0.15, 0.2) is 29.8 Å². The van der Waals surface area contributed by atoms with E-state index in [1.165, 1.54) is 0 Å². The fourth-order valence-electron chi connectivity index (χ4n) is 1.22. The summed E-state index contributed by atoms with van der Waals surface area (Å²) in [6.45, 7) is 0. The molecule has 3 nitrogen and oxygen atoms in total. The Hall–Kier alpha value is -1.55. The first kappa shape index (κ1) is 9.02. The summed E-state index contributed by atoms with van der Waals surface area (Å²) in [5.74, 6) is 0.766. The highest BCUT2D eigenvalue weighted by molar-refractivity contribution is 7.13. The van der Waals surface area contributed by atoms with Gasteiger partial charge in [0.15, 0.2) is 0 Å². The first-order chi connectivity index (χ1) is 6.81. The summed E-state index contributed by atoms with van der Waals surface area (Å²) in [5, 5.41) is 2.86.